The van der Waals surface area contributed by atoms with E-state index in [1.54, 1.807) is 11.6 Å². The summed E-state index contributed by atoms with van der Waals surface area (Å²) in [6, 6.07) is 5.03. The Bertz CT molecular complexity index is 1630. The number of likely N-dealkylation sites (tertiary alicyclic amines) is 1. The maximum Gasteiger partial charge on any atom is 0.407 e. The minimum absolute atomic E-state index is 0.252. The number of carbonyl (C=O) groups is 5. The van der Waals surface area contributed by atoms with E-state index in [4.69, 9.17) is 10.6 Å². The number of benzene rings is 1. The number of carbonyl (C=O) groups excluding carboxylic acids is 4. The van der Waals surface area contributed by atoms with Crippen molar-refractivity contribution in [2.45, 2.75) is 114 Å². The molecule has 1 saturated carbocycles. The fourth-order valence-electron chi connectivity index (χ4n) is 6.31. The van der Waals surface area contributed by atoms with Crippen LogP contribution in [0.1, 0.15) is 94.2 Å². The molecule has 1 aliphatic carbocycles. The van der Waals surface area contributed by atoms with E-state index in [0.717, 1.165) is 43.2 Å². The number of nitrogens with one attached hydrogen (secondary N) is 3. The highest BCUT2D eigenvalue weighted by molar-refractivity contribution is 7.85. The average molecular weight is 714 g/mol. The van der Waals surface area contributed by atoms with Crippen LogP contribution in [0.15, 0.2) is 30.9 Å². The molecule has 0 radical (unpaired) electrons. The first-order chi connectivity index (χ1) is 23.7. The van der Waals surface area contributed by atoms with E-state index >= 15 is 0 Å². The zero-order valence-electron chi connectivity index (χ0n) is 28.5. The quantitative estimate of drug-likeness (QED) is 0.101. The smallest absolute Gasteiger partial charge is 0.407 e. The average Bonchev–Trinajstić information content (AvgIpc) is 3.43. The van der Waals surface area contributed by atoms with Crippen molar-refractivity contribution in [2.24, 2.45) is 0 Å². The largest absolute Gasteiger partial charge is 0.465 e. The number of hydrogen-bond acceptors (Lipinski definition) is 8. The Morgan fingerprint density at radius 3 is 2.54 bits per heavy atom. The molecule has 1 aromatic rings. The molecule has 0 spiro atoms. The molecule has 2 fully saturated rings. The van der Waals surface area contributed by atoms with Gasteiger partial charge in [0.25, 0.3) is 5.91 Å². The van der Waals surface area contributed by atoms with Crippen molar-refractivity contribution in [2.75, 3.05) is 13.1 Å². The number of nitrogens with zero attached hydrogens (tertiary/aromatic N) is 2. The zero-order chi connectivity index (χ0) is 36.5. The van der Waals surface area contributed by atoms with Crippen molar-refractivity contribution < 1.29 is 41.7 Å². The van der Waals surface area contributed by atoms with E-state index in [9.17, 15) is 37.5 Å². The maximum atomic E-state index is 13.4. The maximum absolute atomic E-state index is 13.4. The van der Waals surface area contributed by atoms with Crippen molar-refractivity contribution in [1.29, 1.82) is 0 Å². The molecule has 0 bridgehead atoms. The van der Waals surface area contributed by atoms with Gasteiger partial charge in [0.05, 0.1) is 12.1 Å². The number of fused-ring (bicyclic) bond motifs is 1. The monoisotopic (exact) mass is 713 g/mol. The first-order valence-electron chi connectivity index (χ1n) is 17.0. The van der Waals surface area contributed by atoms with Crippen molar-refractivity contribution in [3.63, 3.8) is 0 Å². The van der Waals surface area contributed by atoms with E-state index in [-0.39, 0.29) is 38.3 Å². The lowest BCUT2D eigenvalue weighted by molar-refractivity contribution is -0.140. The molecule has 1 aromatic carbocycles. The Morgan fingerprint density at radius 2 is 1.86 bits per heavy atom. The van der Waals surface area contributed by atoms with Crippen molar-refractivity contribution in [1.82, 2.24) is 25.2 Å². The van der Waals surface area contributed by atoms with Crippen LogP contribution in [0.2, 0.25) is 0 Å². The fraction of sp³-hybridized carbons (Fsp3) is 0.571. The van der Waals surface area contributed by atoms with Gasteiger partial charge in [0, 0.05) is 32.5 Å². The number of terminal acetylenes is 1. The molecule has 2 unspecified atom stereocenters. The molecule has 1 saturated heterocycles. The Morgan fingerprint density at radius 1 is 1.14 bits per heavy atom. The molecular weight excluding hydrogens is 666 g/mol. The van der Waals surface area contributed by atoms with Crippen LogP contribution >= 0.6 is 0 Å². The van der Waals surface area contributed by atoms with Gasteiger partial charge >= 0.3 is 16.4 Å². The molecule has 4 rings (SSSR count). The minimum atomic E-state index is -4.51. The van der Waals surface area contributed by atoms with Gasteiger partial charge < -0.3 is 20.6 Å². The van der Waals surface area contributed by atoms with Gasteiger partial charge in [0.2, 0.25) is 17.7 Å². The molecule has 2 atom stereocenters. The van der Waals surface area contributed by atoms with Gasteiger partial charge in [-0.1, -0.05) is 49.5 Å². The molecule has 5 amide bonds. The minimum Gasteiger partial charge on any atom is -0.465 e. The Balaban J connectivity index is 1.17. The van der Waals surface area contributed by atoms with Gasteiger partial charge in [-0.05, 0) is 68.6 Å². The predicted octanol–water partition coefficient (Wildman–Crippen LogP) is 2.66. The second kappa shape index (κ2) is 16.5. The molecule has 50 heavy (non-hydrogen) atoms. The summed E-state index contributed by atoms with van der Waals surface area (Å²) >= 11 is 0. The lowest BCUT2D eigenvalue weighted by Gasteiger charge is -2.31. The number of hydrogen-bond donors (Lipinski definition) is 4. The molecule has 0 aromatic heterocycles. The molecule has 14 nitrogen and oxygen atoms in total. The summed E-state index contributed by atoms with van der Waals surface area (Å²) in [6.45, 7) is 5.97. The highest BCUT2D eigenvalue weighted by atomic mass is 32.2. The van der Waals surface area contributed by atoms with Crippen LogP contribution in [-0.2, 0) is 53.2 Å². The van der Waals surface area contributed by atoms with Gasteiger partial charge in [-0.2, -0.15) is 8.42 Å². The van der Waals surface area contributed by atoms with Crippen LogP contribution in [0.3, 0.4) is 0 Å². The molecular formula is C35H47N5O9S. The van der Waals surface area contributed by atoms with Crippen LogP contribution in [0.25, 0.3) is 0 Å². The molecule has 272 valence electrons. The van der Waals surface area contributed by atoms with Gasteiger partial charge in [-0.15, -0.1) is 13.0 Å². The zero-order valence-corrected chi connectivity index (χ0v) is 29.3. The van der Waals surface area contributed by atoms with Crippen LogP contribution in [0, 0.1) is 12.3 Å². The van der Waals surface area contributed by atoms with E-state index < -0.39 is 51.3 Å². The van der Waals surface area contributed by atoms with Crippen LogP contribution in [0.5, 0.6) is 0 Å². The molecule has 2 heterocycles. The summed E-state index contributed by atoms with van der Waals surface area (Å²) in [5.74, 6) is -0.470. The number of unbranched alkanes of at least 4 members (excludes halogenated alkanes) is 4. The van der Waals surface area contributed by atoms with Crippen LogP contribution < -0.4 is 15.4 Å². The number of aryl methyl sites for hydroxylation is 1. The Kier molecular flexibility index (Phi) is 12.7. The standard InChI is InChI=1S/C35H47N5O9S/c1-4-18-35(5-2,32(44)38-50(47,48)49-34(3)19-20-34)37-31(43)28-16-12-21-40(28)30(42)22-36-29(41)17-10-8-6-7-9-13-25-14-11-15-26-23-39(33(45)46)24-27(25)26/h2,4,11,14-15,28H,1,6-10,12-13,16-24H2,3H3,(H,36,41)(H,37,43)(H,38,44)(H,45,46). The highest BCUT2D eigenvalue weighted by Crippen LogP contribution is 2.39. The summed E-state index contributed by atoms with van der Waals surface area (Å²) in [4.78, 5) is 66.1. The van der Waals surface area contributed by atoms with E-state index in [1.165, 1.54) is 21.4 Å². The van der Waals surface area contributed by atoms with Gasteiger partial charge in [0.15, 0.2) is 5.54 Å². The van der Waals surface area contributed by atoms with Crippen molar-refractivity contribution >= 4 is 40.0 Å². The van der Waals surface area contributed by atoms with E-state index in [1.807, 2.05) is 12.1 Å². The van der Waals surface area contributed by atoms with Crippen LogP contribution in [-0.4, -0.2) is 83.3 Å². The Hall–Kier alpha value is -4.42. The third-order valence-corrected chi connectivity index (χ3v) is 10.5. The first-order valence-corrected chi connectivity index (χ1v) is 18.4. The van der Waals surface area contributed by atoms with Crippen molar-refractivity contribution in [3.05, 3.63) is 47.5 Å². The molecule has 15 heteroatoms. The van der Waals surface area contributed by atoms with E-state index in [2.05, 4.69) is 29.2 Å². The van der Waals surface area contributed by atoms with E-state index in [0.29, 0.717) is 38.8 Å². The van der Waals surface area contributed by atoms with Gasteiger partial charge in [-0.25, -0.2) is 13.7 Å². The highest BCUT2D eigenvalue weighted by Gasteiger charge is 2.47. The van der Waals surface area contributed by atoms with Gasteiger partial charge in [0.1, 0.15) is 6.04 Å². The third-order valence-electron chi connectivity index (χ3n) is 9.42. The molecule has 2 aliphatic heterocycles. The number of amides is 5. The predicted molar refractivity (Wildman–Crippen MR) is 183 cm³/mol. The lowest BCUT2D eigenvalue weighted by atomic mass is 9.94. The summed E-state index contributed by atoms with van der Waals surface area (Å²) in [7, 11) is -4.51. The first kappa shape index (κ1) is 38.4. The lowest BCUT2D eigenvalue weighted by Crippen LogP contribution is -2.62. The number of rotatable bonds is 18. The molecule has 4 N–H and O–H groups in total. The second-order valence-corrected chi connectivity index (χ2v) is 14.7. The Labute approximate surface area is 293 Å². The topological polar surface area (TPSA) is 192 Å². The van der Waals surface area contributed by atoms with Crippen molar-refractivity contribution in [3.8, 4) is 12.3 Å². The second-order valence-electron chi connectivity index (χ2n) is 13.4. The summed E-state index contributed by atoms with van der Waals surface area (Å²) < 4.78 is 31.7. The molecule has 3 aliphatic rings. The number of carboxylic acid groups (broad SMARTS) is 1. The third kappa shape index (κ3) is 10.1. The summed E-state index contributed by atoms with van der Waals surface area (Å²) in [6.07, 6.45) is 13.0. The summed E-state index contributed by atoms with van der Waals surface area (Å²) in [5, 5.41) is 14.4. The fourth-order valence-corrected chi connectivity index (χ4v) is 7.45. The summed E-state index contributed by atoms with van der Waals surface area (Å²) in [5.41, 5.74) is 0.366. The van der Waals surface area contributed by atoms with Gasteiger partial charge in [-0.3, -0.25) is 24.1 Å². The SMILES string of the molecule is C#CC(CC=C)(NC(=O)C1CCCN1C(=O)CNC(=O)CCCCCCCc1cccc2c1CN(C(=O)O)C2)C(=O)NS(=O)(=O)OC1(C)CC1. The van der Waals surface area contributed by atoms with Crippen LogP contribution in [0.4, 0.5) is 4.79 Å². The normalized spacial score (nSPS) is 18.7.